The lowest BCUT2D eigenvalue weighted by Crippen LogP contribution is -2.40. The van der Waals surface area contributed by atoms with Crippen LogP contribution in [0.3, 0.4) is 0 Å². The Hall–Kier alpha value is -5.87. The summed E-state index contributed by atoms with van der Waals surface area (Å²) < 4.78 is 22.7. The number of nitrogens with zero attached hydrogens (tertiary/aromatic N) is 1. The van der Waals surface area contributed by atoms with E-state index in [4.69, 9.17) is 18.9 Å². The summed E-state index contributed by atoms with van der Waals surface area (Å²) in [5.41, 5.74) is 0. The Morgan fingerprint density at radius 1 is 0.380 bits per heavy atom. The lowest BCUT2D eigenvalue weighted by Gasteiger charge is -2.25. The molecule has 0 aromatic carbocycles. The minimum atomic E-state index is -1.54. The van der Waals surface area contributed by atoms with Crippen molar-refractivity contribution in [1.82, 2.24) is 0 Å². The number of likely N-dealkylation sites (N-methyl/N-ethyl adjacent to an activating group) is 1. The number of aliphatic carboxylic acids is 1. The van der Waals surface area contributed by atoms with Gasteiger partial charge in [0.05, 0.1) is 34.4 Å². The van der Waals surface area contributed by atoms with Gasteiger partial charge in [-0.25, -0.2) is 4.79 Å². The molecule has 2 unspecified atom stereocenters. The Labute approximate surface area is 481 Å². The largest absolute Gasteiger partial charge is 0.477 e. The molecule has 0 radical (unpaired) electrons. The summed E-state index contributed by atoms with van der Waals surface area (Å²) in [6.07, 6.45) is 88.4. The van der Waals surface area contributed by atoms with Crippen molar-refractivity contribution in [2.75, 3.05) is 47.5 Å². The van der Waals surface area contributed by atoms with Crippen LogP contribution in [0, 0.1) is 0 Å². The highest BCUT2D eigenvalue weighted by atomic mass is 16.7. The number of carbonyl (C=O) groups is 3. The fraction of sp³-hybridized carbons (Fsp3) is 0.500. The maximum Gasteiger partial charge on any atom is 0.361 e. The first-order chi connectivity index (χ1) is 38.6. The standard InChI is InChI=1S/C70H105NO8/c1-6-8-10-12-14-16-18-20-21-22-23-24-25-26-27-28-29-30-31-32-33-34-35-36-37-38-39-40-41-42-43-44-45-46-47-49-51-53-55-57-59-61-68(73)79-66(65-78-70(69(74)75)76-63-62-71(3,4)5)64-77-67(72)60-58-56-54-52-50-48-19-17-15-13-11-9-7-2/h8-11,14-17,20-21,23-24,26-27,29-30,32-33,35-36,38-39,41-42,44-45,47-50,54,56,66,70H,6-7,12-13,18-19,22,25,28,31,34,37,40,43,46,51-53,55,57-65H2,1-5H3/p+1/b10-8-,11-9-,16-14-,17-15-,21-20-,24-23-,27-26-,30-29-,33-32-,36-35-,39-38-,42-41-,45-44-,49-47-,50-48-,56-54-. The van der Waals surface area contributed by atoms with Crippen LogP contribution in [0.15, 0.2) is 194 Å². The first kappa shape index (κ1) is 73.1. The van der Waals surface area contributed by atoms with Crippen LogP contribution < -0.4 is 0 Å². The number of hydrogen-bond donors (Lipinski definition) is 1. The average Bonchev–Trinajstić information content (AvgIpc) is 3.42. The number of rotatable bonds is 51. The molecule has 0 spiro atoms. The van der Waals surface area contributed by atoms with E-state index in [0.29, 0.717) is 23.9 Å². The highest BCUT2D eigenvalue weighted by Gasteiger charge is 2.25. The molecule has 0 heterocycles. The predicted molar refractivity (Wildman–Crippen MR) is 335 cm³/mol. The van der Waals surface area contributed by atoms with Crippen molar-refractivity contribution in [2.45, 2.75) is 180 Å². The van der Waals surface area contributed by atoms with Crippen LogP contribution in [-0.2, 0) is 33.3 Å². The minimum absolute atomic E-state index is 0.161. The number of hydrogen-bond acceptors (Lipinski definition) is 7. The zero-order valence-electron chi connectivity index (χ0n) is 49.7. The quantitative estimate of drug-likeness (QED) is 0.0211. The zero-order valence-corrected chi connectivity index (χ0v) is 49.7. The van der Waals surface area contributed by atoms with E-state index in [1.807, 2.05) is 33.3 Å². The van der Waals surface area contributed by atoms with Gasteiger partial charge in [0.15, 0.2) is 6.10 Å². The molecule has 9 nitrogen and oxygen atoms in total. The summed E-state index contributed by atoms with van der Waals surface area (Å²) in [6, 6.07) is 0. The summed E-state index contributed by atoms with van der Waals surface area (Å²) in [5.74, 6) is -2.18. The van der Waals surface area contributed by atoms with E-state index in [2.05, 4.69) is 196 Å². The molecule has 0 aliphatic carbocycles. The number of allylic oxidation sites excluding steroid dienone is 32. The molecule has 0 saturated heterocycles. The van der Waals surface area contributed by atoms with Gasteiger partial charge < -0.3 is 28.5 Å². The van der Waals surface area contributed by atoms with Crippen LogP contribution in [0.4, 0.5) is 0 Å². The highest BCUT2D eigenvalue weighted by molar-refractivity contribution is 5.71. The van der Waals surface area contributed by atoms with E-state index in [0.717, 1.165) is 128 Å². The Kier molecular flexibility index (Phi) is 54.0. The molecule has 0 aliphatic heterocycles. The van der Waals surface area contributed by atoms with Gasteiger partial charge >= 0.3 is 17.9 Å². The molecule has 79 heavy (non-hydrogen) atoms. The number of quaternary nitrogens is 1. The molecule has 1 N–H and O–H groups in total. The van der Waals surface area contributed by atoms with Gasteiger partial charge in [0.1, 0.15) is 13.2 Å². The van der Waals surface area contributed by atoms with Crippen LogP contribution in [0.1, 0.15) is 168 Å². The molecule has 0 bridgehead atoms. The predicted octanol–water partition coefficient (Wildman–Crippen LogP) is 17.9. The van der Waals surface area contributed by atoms with Crippen LogP contribution in [0.25, 0.3) is 0 Å². The second kappa shape index (κ2) is 58.3. The second-order valence-corrected chi connectivity index (χ2v) is 19.8. The van der Waals surface area contributed by atoms with Crippen LogP contribution in [0.2, 0.25) is 0 Å². The van der Waals surface area contributed by atoms with E-state index in [-0.39, 0.29) is 32.7 Å². The Balaban J connectivity index is 4.29. The van der Waals surface area contributed by atoms with Crippen molar-refractivity contribution < 1.29 is 42.9 Å². The number of unbranched alkanes of at least 4 members (excludes halogenated alkanes) is 4. The fourth-order valence-electron chi connectivity index (χ4n) is 6.89. The summed E-state index contributed by atoms with van der Waals surface area (Å²) in [4.78, 5) is 37.3. The monoisotopic (exact) mass is 1090 g/mol. The minimum Gasteiger partial charge on any atom is -0.477 e. The van der Waals surface area contributed by atoms with E-state index in [1.165, 1.54) is 0 Å². The van der Waals surface area contributed by atoms with Gasteiger partial charge in [-0.05, 0) is 128 Å². The molecule has 9 heteroatoms. The molecule has 0 aromatic rings. The third-order valence-corrected chi connectivity index (χ3v) is 11.4. The average molecular weight is 1090 g/mol. The molecule has 0 aliphatic rings. The van der Waals surface area contributed by atoms with Crippen molar-refractivity contribution in [1.29, 1.82) is 0 Å². The second-order valence-electron chi connectivity index (χ2n) is 19.8. The topological polar surface area (TPSA) is 108 Å². The van der Waals surface area contributed by atoms with Gasteiger partial charge in [0.2, 0.25) is 0 Å². The van der Waals surface area contributed by atoms with Gasteiger partial charge in [-0.1, -0.05) is 221 Å². The van der Waals surface area contributed by atoms with E-state index in [9.17, 15) is 19.5 Å². The Bertz CT molecular complexity index is 1990. The molecule has 2 atom stereocenters. The van der Waals surface area contributed by atoms with Crippen molar-refractivity contribution in [3.63, 3.8) is 0 Å². The molecular weight excluding hydrogens is 983 g/mol. The molecule has 0 saturated carbocycles. The third kappa shape index (κ3) is 59.6. The summed E-state index contributed by atoms with van der Waals surface area (Å²) >= 11 is 0. The Morgan fingerprint density at radius 3 is 1.05 bits per heavy atom. The maximum atomic E-state index is 12.8. The van der Waals surface area contributed by atoms with E-state index >= 15 is 0 Å². The van der Waals surface area contributed by atoms with Crippen molar-refractivity contribution in [3.8, 4) is 0 Å². The van der Waals surface area contributed by atoms with E-state index < -0.39 is 30.3 Å². The van der Waals surface area contributed by atoms with Crippen LogP contribution >= 0.6 is 0 Å². The van der Waals surface area contributed by atoms with Crippen LogP contribution in [0.5, 0.6) is 0 Å². The number of carboxylic acids is 1. The number of esters is 2. The van der Waals surface area contributed by atoms with E-state index in [1.54, 1.807) is 0 Å². The highest BCUT2D eigenvalue weighted by Crippen LogP contribution is 2.11. The molecule has 0 rings (SSSR count). The summed E-state index contributed by atoms with van der Waals surface area (Å²) in [6.45, 7) is 4.48. The SMILES string of the molecule is CC/C=C\C/C=C\C/C=C\C/C=C\C/C=C\C/C=C\C/C=C\C/C=C\C/C=C\C/C=C\C/C=C\C/C=C\CCCCCCC(=O)OC(COC(=O)CC/C=C\C/C=C\C/C=C\C/C=C\CC)COC(OCC[N+](C)(C)C)C(=O)O. The van der Waals surface area contributed by atoms with Crippen molar-refractivity contribution in [2.24, 2.45) is 0 Å². The number of carboxylic acid groups (broad SMARTS) is 1. The fourth-order valence-corrected chi connectivity index (χ4v) is 6.89. The molecule has 438 valence electrons. The number of ether oxygens (including phenoxy) is 4. The molecule has 0 amide bonds. The van der Waals surface area contributed by atoms with Crippen molar-refractivity contribution >= 4 is 17.9 Å². The lowest BCUT2D eigenvalue weighted by atomic mass is 10.1. The molecular formula is C70H106NO8+. The number of carbonyl (C=O) groups excluding carboxylic acids is 2. The van der Waals surface area contributed by atoms with Crippen molar-refractivity contribution in [3.05, 3.63) is 194 Å². The summed E-state index contributed by atoms with van der Waals surface area (Å²) in [5, 5.41) is 9.68. The van der Waals surface area contributed by atoms with Gasteiger partial charge in [0, 0.05) is 12.8 Å². The maximum absolute atomic E-state index is 12.8. The van der Waals surface area contributed by atoms with Gasteiger partial charge in [-0.2, -0.15) is 0 Å². The first-order valence-electron chi connectivity index (χ1n) is 29.6. The van der Waals surface area contributed by atoms with Crippen LogP contribution in [-0.4, -0.2) is 87.4 Å². The van der Waals surface area contributed by atoms with Gasteiger partial charge in [-0.15, -0.1) is 0 Å². The molecule has 0 aromatic heterocycles. The van der Waals surface area contributed by atoms with Gasteiger partial charge in [0.25, 0.3) is 6.29 Å². The molecule has 0 fully saturated rings. The van der Waals surface area contributed by atoms with Gasteiger partial charge in [-0.3, -0.25) is 9.59 Å². The summed E-state index contributed by atoms with van der Waals surface area (Å²) in [7, 11) is 5.91. The smallest absolute Gasteiger partial charge is 0.361 e. The third-order valence-electron chi connectivity index (χ3n) is 11.4. The zero-order chi connectivity index (χ0) is 57.6. The Morgan fingerprint density at radius 2 is 0.709 bits per heavy atom. The normalized spacial score (nSPS) is 14.2. The lowest BCUT2D eigenvalue weighted by molar-refractivity contribution is -0.870. The first-order valence-corrected chi connectivity index (χ1v) is 29.6.